The Balaban J connectivity index is 1.10. The highest BCUT2D eigenvalue weighted by atomic mass is 16.5. The Bertz CT molecular complexity index is 1840. The topological polar surface area (TPSA) is 23.4 Å². The van der Waals surface area contributed by atoms with Crippen LogP contribution in [0.4, 0.5) is 0 Å². The highest BCUT2D eigenvalue weighted by Gasteiger charge is 2.14. The third-order valence-corrected chi connectivity index (χ3v) is 9.36. The van der Waals surface area contributed by atoms with Gasteiger partial charge in [0.15, 0.2) is 0 Å². The molecule has 0 fully saturated rings. The lowest BCUT2D eigenvalue weighted by atomic mass is 10.00. The summed E-state index contributed by atoms with van der Waals surface area (Å²) in [6.45, 7) is 3.83. The fourth-order valence-corrected chi connectivity index (χ4v) is 6.68. The van der Waals surface area contributed by atoms with Crippen LogP contribution in [0.25, 0.3) is 49.7 Å². The van der Waals surface area contributed by atoms with Crippen molar-refractivity contribution in [1.82, 2.24) is 4.57 Å². The minimum atomic E-state index is 0.785. The van der Waals surface area contributed by atoms with Crippen molar-refractivity contribution >= 4 is 21.8 Å². The van der Waals surface area contributed by atoms with E-state index in [0.717, 1.165) is 25.4 Å². The maximum atomic E-state index is 6.12. The molecule has 0 N–H and O–H groups in total. The molecule has 0 amide bonds. The van der Waals surface area contributed by atoms with Gasteiger partial charge in [-0.15, -0.1) is 0 Å². The maximum Gasteiger partial charge on any atom is 0.119 e. The molecule has 0 aliphatic heterocycles. The number of hydrogen-bond donors (Lipinski definition) is 0. The standard InChI is InChI=1S/C44H49NO2/c1-34-18-20-35(21-19-34)37-24-28-43-41(32-37)42-33-38(25-29-44(42)45(43)39-16-12-11-13-17-39)36-22-26-40(27-23-36)47-31-15-10-8-6-4-3-5-7-9-14-30-46-2/h11-13,16-29,32-33H,3-10,14-15,30-31H2,1-2H3. The van der Waals surface area contributed by atoms with Crippen molar-refractivity contribution in [2.24, 2.45) is 0 Å². The number of aryl methyl sites for hydroxylation is 1. The maximum absolute atomic E-state index is 6.12. The van der Waals surface area contributed by atoms with Crippen molar-refractivity contribution in [2.45, 2.75) is 71.1 Å². The molecule has 3 heteroatoms. The molecule has 0 bridgehead atoms. The molecule has 1 heterocycles. The van der Waals surface area contributed by atoms with E-state index in [1.807, 2.05) is 0 Å². The molecule has 0 spiro atoms. The lowest BCUT2D eigenvalue weighted by Gasteiger charge is -2.09. The Morgan fingerprint density at radius 3 is 1.47 bits per heavy atom. The Morgan fingerprint density at radius 1 is 0.468 bits per heavy atom. The van der Waals surface area contributed by atoms with Crippen LogP contribution in [0.2, 0.25) is 0 Å². The number of para-hydroxylation sites is 1. The van der Waals surface area contributed by atoms with Gasteiger partial charge in [0.2, 0.25) is 0 Å². The predicted molar refractivity (Wildman–Crippen MR) is 200 cm³/mol. The van der Waals surface area contributed by atoms with Crippen LogP contribution in [0, 0.1) is 6.92 Å². The van der Waals surface area contributed by atoms with E-state index in [2.05, 4.69) is 127 Å². The van der Waals surface area contributed by atoms with Gasteiger partial charge in [0.05, 0.1) is 17.6 Å². The molecule has 47 heavy (non-hydrogen) atoms. The summed E-state index contributed by atoms with van der Waals surface area (Å²) in [5, 5.41) is 2.53. The quantitative estimate of drug-likeness (QED) is 0.0944. The number of methoxy groups -OCH3 is 1. The van der Waals surface area contributed by atoms with E-state index < -0.39 is 0 Å². The summed E-state index contributed by atoms with van der Waals surface area (Å²) in [5.41, 5.74) is 9.78. The smallest absolute Gasteiger partial charge is 0.119 e. The zero-order valence-electron chi connectivity index (χ0n) is 28.2. The summed E-state index contributed by atoms with van der Waals surface area (Å²) >= 11 is 0. The average Bonchev–Trinajstić information content (AvgIpc) is 3.44. The van der Waals surface area contributed by atoms with Gasteiger partial charge in [0, 0.05) is 30.2 Å². The summed E-state index contributed by atoms with van der Waals surface area (Å²) in [6.07, 6.45) is 13.0. The SMILES string of the molecule is COCCCCCCCCCCCCOc1ccc(-c2ccc3c(c2)c2cc(-c4ccc(C)cc4)ccc2n3-c2ccccc2)cc1. The molecular weight excluding hydrogens is 574 g/mol. The molecule has 0 saturated carbocycles. The zero-order valence-corrected chi connectivity index (χ0v) is 28.2. The molecule has 0 aliphatic carbocycles. The number of nitrogens with zero attached hydrogens (tertiary/aromatic N) is 1. The van der Waals surface area contributed by atoms with Gasteiger partial charge >= 0.3 is 0 Å². The summed E-state index contributed by atoms with van der Waals surface area (Å²) in [4.78, 5) is 0. The molecule has 0 aliphatic rings. The molecule has 5 aromatic carbocycles. The van der Waals surface area contributed by atoms with Gasteiger partial charge in [-0.2, -0.15) is 0 Å². The molecule has 0 saturated heterocycles. The van der Waals surface area contributed by atoms with Crippen LogP contribution in [-0.2, 0) is 4.74 Å². The monoisotopic (exact) mass is 623 g/mol. The second kappa shape index (κ2) is 16.5. The molecular formula is C44H49NO2. The van der Waals surface area contributed by atoms with E-state index in [1.165, 1.54) is 113 Å². The number of hydrogen-bond acceptors (Lipinski definition) is 2. The first kappa shape index (κ1) is 32.6. The second-order valence-electron chi connectivity index (χ2n) is 12.9. The largest absolute Gasteiger partial charge is 0.494 e. The summed E-state index contributed by atoms with van der Waals surface area (Å²) < 4.78 is 13.6. The van der Waals surface area contributed by atoms with Gasteiger partial charge < -0.3 is 14.0 Å². The normalized spacial score (nSPS) is 11.4. The Kier molecular flexibility index (Phi) is 11.4. The van der Waals surface area contributed by atoms with Gasteiger partial charge in [-0.1, -0.05) is 124 Å². The first-order valence-electron chi connectivity index (χ1n) is 17.6. The van der Waals surface area contributed by atoms with Crippen molar-refractivity contribution in [1.29, 1.82) is 0 Å². The number of benzene rings is 5. The van der Waals surface area contributed by atoms with Gasteiger partial charge in [0.1, 0.15) is 5.75 Å². The fraction of sp³-hybridized carbons (Fsp3) is 0.318. The summed E-state index contributed by atoms with van der Waals surface area (Å²) in [7, 11) is 1.79. The average molecular weight is 624 g/mol. The van der Waals surface area contributed by atoms with Gasteiger partial charge in [0.25, 0.3) is 0 Å². The molecule has 0 radical (unpaired) electrons. The zero-order chi connectivity index (χ0) is 32.3. The third kappa shape index (κ3) is 8.34. The predicted octanol–water partition coefficient (Wildman–Crippen LogP) is 12.4. The lowest BCUT2D eigenvalue weighted by Crippen LogP contribution is -1.97. The Labute approximate surface area is 281 Å². The number of unbranched alkanes of at least 4 members (excludes halogenated alkanes) is 9. The number of fused-ring (bicyclic) bond motifs is 3. The molecule has 242 valence electrons. The molecule has 0 unspecified atom stereocenters. The van der Waals surface area contributed by atoms with Crippen molar-refractivity contribution in [3.8, 4) is 33.7 Å². The van der Waals surface area contributed by atoms with Crippen LogP contribution in [0.5, 0.6) is 5.75 Å². The number of rotatable bonds is 17. The highest BCUT2D eigenvalue weighted by molar-refractivity contribution is 6.11. The van der Waals surface area contributed by atoms with E-state index in [0.29, 0.717) is 0 Å². The van der Waals surface area contributed by atoms with Crippen LogP contribution in [0.1, 0.15) is 69.8 Å². The van der Waals surface area contributed by atoms with Gasteiger partial charge in [-0.05, 0) is 90.6 Å². The van der Waals surface area contributed by atoms with E-state index >= 15 is 0 Å². The Hall–Kier alpha value is -4.34. The first-order chi connectivity index (χ1) is 23.2. The highest BCUT2D eigenvalue weighted by Crippen LogP contribution is 2.37. The minimum absolute atomic E-state index is 0.785. The van der Waals surface area contributed by atoms with Gasteiger partial charge in [-0.25, -0.2) is 0 Å². The van der Waals surface area contributed by atoms with Crippen molar-refractivity contribution in [3.05, 3.63) is 121 Å². The van der Waals surface area contributed by atoms with Crippen LogP contribution < -0.4 is 4.74 Å². The van der Waals surface area contributed by atoms with Crippen LogP contribution in [-0.4, -0.2) is 24.9 Å². The summed E-state index contributed by atoms with van der Waals surface area (Å²) in [6, 6.07) is 41.9. The van der Waals surface area contributed by atoms with Crippen molar-refractivity contribution in [3.63, 3.8) is 0 Å². The van der Waals surface area contributed by atoms with Crippen LogP contribution >= 0.6 is 0 Å². The summed E-state index contributed by atoms with van der Waals surface area (Å²) in [5.74, 6) is 0.951. The van der Waals surface area contributed by atoms with E-state index in [9.17, 15) is 0 Å². The van der Waals surface area contributed by atoms with Crippen LogP contribution in [0.15, 0.2) is 115 Å². The number of ether oxygens (including phenoxy) is 2. The number of aromatic nitrogens is 1. The molecule has 3 nitrogen and oxygen atoms in total. The molecule has 6 aromatic rings. The van der Waals surface area contributed by atoms with Crippen molar-refractivity contribution in [2.75, 3.05) is 20.3 Å². The molecule has 6 rings (SSSR count). The molecule has 0 atom stereocenters. The molecule has 1 aromatic heterocycles. The van der Waals surface area contributed by atoms with Crippen molar-refractivity contribution < 1.29 is 9.47 Å². The van der Waals surface area contributed by atoms with Gasteiger partial charge in [-0.3, -0.25) is 0 Å². The minimum Gasteiger partial charge on any atom is -0.494 e. The Morgan fingerprint density at radius 2 is 0.936 bits per heavy atom. The third-order valence-electron chi connectivity index (χ3n) is 9.36. The van der Waals surface area contributed by atoms with Crippen LogP contribution in [0.3, 0.4) is 0 Å². The van der Waals surface area contributed by atoms with E-state index in [4.69, 9.17) is 9.47 Å². The lowest BCUT2D eigenvalue weighted by molar-refractivity contribution is 0.192. The fourth-order valence-electron chi connectivity index (χ4n) is 6.68. The van der Waals surface area contributed by atoms with E-state index in [-0.39, 0.29) is 0 Å². The first-order valence-corrected chi connectivity index (χ1v) is 17.6. The second-order valence-corrected chi connectivity index (χ2v) is 12.9. The van der Waals surface area contributed by atoms with E-state index in [1.54, 1.807) is 7.11 Å².